The molecule has 5 heteroatoms. The number of halogens is 2. The van der Waals surface area contributed by atoms with Crippen molar-refractivity contribution >= 4 is 23.4 Å². The molecule has 0 radical (unpaired) electrons. The third kappa shape index (κ3) is 3.43. The largest absolute Gasteiger partial charge is 0.461 e. The predicted molar refractivity (Wildman–Crippen MR) is 54.9 cm³/mol. The van der Waals surface area contributed by atoms with Crippen LogP contribution >= 0.6 is 11.3 Å². The van der Waals surface area contributed by atoms with Crippen molar-refractivity contribution in [3.8, 4) is 0 Å². The Morgan fingerprint density at radius 3 is 2.93 bits per heavy atom. The first-order chi connectivity index (χ1) is 7.06. The van der Waals surface area contributed by atoms with Crippen LogP contribution in [0.15, 0.2) is 23.6 Å². The molecule has 1 heterocycles. The van der Waals surface area contributed by atoms with Gasteiger partial charge in [-0.25, -0.2) is 4.79 Å². The Hall–Kier alpha value is -1.23. The Kier molecular flexibility index (Phi) is 3.96. The van der Waals surface area contributed by atoms with Crippen LogP contribution in [0.25, 0.3) is 6.08 Å². The standard InChI is InChI=1S/C10H10F2O2S/c1-2-14-9(13)10(11,12)6-5-8-4-3-7-15-8/h3-7H,2H2,1H3/b6-5-. The minimum atomic E-state index is -3.56. The van der Waals surface area contributed by atoms with Gasteiger partial charge in [-0.05, 0) is 30.5 Å². The van der Waals surface area contributed by atoms with E-state index in [0.29, 0.717) is 11.0 Å². The molecule has 15 heavy (non-hydrogen) atoms. The average Bonchev–Trinajstić information content (AvgIpc) is 2.68. The number of esters is 1. The molecule has 1 aromatic rings. The molecule has 0 saturated heterocycles. The first-order valence-corrected chi connectivity index (χ1v) is 5.22. The summed E-state index contributed by atoms with van der Waals surface area (Å²) in [4.78, 5) is 11.5. The normalized spacial score (nSPS) is 11.9. The van der Waals surface area contributed by atoms with Crippen LogP contribution in [0.5, 0.6) is 0 Å². The minimum absolute atomic E-state index is 0.0543. The van der Waals surface area contributed by atoms with Gasteiger partial charge in [0.05, 0.1) is 6.61 Å². The molecule has 0 saturated carbocycles. The smallest absolute Gasteiger partial charge is 0.381 e. The molecular weight excluding hydrogens is 222 g/mol. The molecule has 1 rings (SSSR count). The van der Waals surface area contributed by atoms with Crippen molar-refractivity contribution in [2.75, 3.05) is 6.61 Å². The van der Waals surface area contributed by atoms with Gasteiger partial charge in [-0.1, -0.05) is 6.07 Å². The van der Waals surface area contributed by atoms with Gasteiger partial charge in [-0.15, -0.1) is 11.3 Å². The van der Waals surface area contributed by atoms with Gasteiger partial charge >= 0.3 is 11.9 Å². The second-order valence-corrected chi connectivity index (χ2v) is 3.67. The molecule has 0 aliphatic rings. The van der Waals surface area contributed by atoms with Crippen LogP contribution in [0.3, 0.4) is 0 Å². The first-order valence-electron chi connectivity index (χ1n) is 4.34. The zero-order valence-corrected chi connectivity index (χ0v) is 8.89. The summed E-state index contributed by atoms with van der Waals surface area (Å²) in [5.74, 6) is -5.07. The van der Waals surface area contributed by atoms with Crippen molar-refractivity contribution in [1.29, 1.82) is 0 Å². The summed E-state index contributed by atoms with van der Waals surface area (Å²) in [6.07, 6.45) is 1.76. The fourth-order valence-corrected chi connectivity index (χ4v) is 1.49. The SMILES string of the molecule is CCOC(=O)C(F)(F)/C=C\c1cccs1. The van der Waals surface area contributed by atoms with Gasteiger partial charge in [0.1, 0.15) is 0 Å². The molecule has 0 unspecified atom stereocenters. The summed E-state index contributed by atoms with van der Waals surface area (Å²) in [5.41, 5.74) is 0. The topological polar surface area (TPSA) is 26.3 Å². The number of ether oxygens (including phenoxy) is 1. The highest BCUT2D eigenvalue weighted by atomic mass is 32.1. The molecule has 82 valence electrons. The lowest BCUT2D eigenvalue weighted by Crippen LogP contribution is -2.28. The van der Waals surface area contributed by atoms with Gasteiger partial charge in [0.25, 0.3) is 0 Å². The minimum Gasteiger partial charge on any atom is -0.461 e. The van der Waals surface area contributed by atoms with E-state index in [4.69, 9.17) is 0 Å². The molecule has 0 aliphatic heterocycles. The average molecular weight is 232 g/mol. The van der Waals surface area contributed by atoms with E-state index in [1.165, 1.54) is 24.3 Å². The van der Waals surface area contributed by atoms with Crippen molar-refractivity contribution in [2.45, 2.75) is 12.8 Å². The van der Waals surface area contributed by atoms with Gasteiger partial charge in [0.15, 0.2) is 0 Å². The Labute approximate surface area is 90.2 Å². The van der Waals surface area contributed by atoms with Gasteiger partial charge in [0.2, 0.25) is 0 Å². The van der Waals surface area contributed by atoms with Crippen LogP contribution < -0.4 is 0 Å². The maximum absolute atomic E-state index is 13.0. The Morgan fingerprint density at radius 2 is 2.40 bits per heavy atom. The number of hydrogen-bond acceptors (Lipinski definition) is 3. The van der Waals surface area contributed by atoms with E-state index in [-0.39, 0.29) is 6.61 Å². The summed E-state index contributed by atoms with van der Waals surface area (Å²) in [7, 11) is 0. The number of thiophene rings is 1. The maximum Gasteiger partial charge on any atom is 0.381 e. The summed E-state index contributed by atoms with van der Waals surface area (Å²) in [6.45, 7) is 1.43. The molecule has 0 atom stereocenters. The summed E-state index contributed by atoms with van der Waals surface area (Å²) in [5, 5.41) is 1.77. The lowest BCUT2D eigenvalue weighted by atomic mass is 10.3. The molecule has 0 bridgehead atoms. The van der Waals surface area contributed by atoms with E-state index in [2.05, 4.69) is 4.74 Å². The van der Waals surface area contributed by atoms with Gasteiger partial charge in [-0.3, -0.25) is 0 Å². The van der Waals surface area contributed by atoms with E-state index in [0.717, 1.165) is 0 Å². The molecule has 0 spiro atoms. The van der Waals surface area contributed by atoms with E-state index >= 15 is 0 Å². The Balaban J connectivity index is 2.67. The number of hydrogen-bond donors (Lipinski definition) is 0. The number of carbonyl (C=O) groups is 1. The lowest BCUT2D eigenvalue weighted by molar-refractivity contribution is -0.164. The highest BCUT2D eigenvalue weighted by Gasteiger charge is 2.37. The summed E-state index contributed by atoms with van der Waals surface area (Å²) >= 11 is 1.32. The molecule has 0 fully saturated rings. The molecule has 0 aliphatic carbocycles. The molecule has 2 nitrogen and oxygen atoms in total. The number of rotatable bonds is 4. The predicted octanol–water partition coefficient (Wildman–Crippen LogP) is 2.96. The van der Waals surface area contributed by atoms with Gasteiger partial charge < -0.3 is 4.74 Å². The molecule has 0 aromatic carbocycles. The van der Waals surface area contributed by atoms with Gasteiger partial charge in [-0.2, -0.15) is 8.78 Å². The van der Waals surface area contributed by atoms with Crippen LogP contribution in [0, 0.1) is 0 Å². The van der Waals surface area contributed by atoms with E-state index in [9.17, 15) is 13.6 Å². The zero-order chi connectivity index (χ0) is 11.3. The fraction of sp³-hybridized carbons (Fsp3) is 0.300. The quantitative estimate of drug-likeness (QED) is 0.746. The monoisotopic (exact) mass is 232 g/mol. The van der Waals surface area contributed by atoms with Crippen molar-refractivity contribution < 1.29 is 18.3 Å². The van der Waals surface area contributed by atoms with E-state index in [1.54, 1.807) is 17.5 Å². The second-order valence-electron chi connectivity index (χ2n) is 2.69. The van der Waals surface area contributed by atoms with Crippen LogP contribution in [-0.4, -0.2) is 18.5 Å². The molecule has 0 amide bonds. The van der Waals surface area contributed by atoms with Gasteiger partial charge in [0, 0.05) is 4.88 Å². The third-order valence-electron chi connectivity index (χ3n) is 1.55. The second kappa shape index (κ2) is 5.02. The number of carbonyl (C=O) groups excluding carboxylic acids is 1. The fourth-order valence-electron chi connectivity index (χ4n) is 0.868. The molecule has 0 N–H and O–H groups in total. The molecule has 1 aromatic heterocycles. The Morgan fingerprint density at radius 1 is 1.67 bits per heavy atom. The van der Waals surface area contributed by atoms with Crippen molar-refractivity contribution in [2.24, 2.45) is 0 Å². The van der Waals surface area contributed by atoms with Crippen molar-refractivity contribution in [3.63, 3.8) is 0 Å². The lowest BCUT2D eigenvalue weighted by Gasteiger charge is -2.09. The molecular formula is C10H10F2O2S. The van der Waals surface area contributed by atoms with E-state index in [1.807, 2.05) is 0 Å². The van der Waals surface area contributed by atoms with Crippen LogP contribution in [-0.2, 0) is 9.53 Å². The van der Waals surface area contributed by atoms with Crippen LogP contribution in [0.2, 0.25) is 0 Å². The van der Waals surface area contributed by atoms with Crippen molar-refractivity contribution in [3.05, 3.63) is 28.5 Å². The van der Waals surface area contributed by atoms with Crippen LogP contribution in [0.4, 0.5) is 8.78 Å². The number of alkyl halides is 2. The highest BCUT2D eigenvalue weighted by molar-refractivity contribution is 7.10. The Bertz CT molecular complexity index is 344. The maximum atomic E-state index is 13.0. The van der Waals surface area contributed by atoms with E-state index < -0.39 is 11.9 Å². The third-order valence-corrected chi connectivity index (χ3v) is 2.39. The highest BCUT2D eigenvalue weighted by Crippen LogP contribution is 2.20. The zero-order valence-electron chi connectivity index (χ0n) is 8.07. The van der Waals surface area contributed by atoms with Crippen LogP contribution in [0.1, 0.15) is 11.8 Å². The summed E-state index contributed by atoms with van der Waals surface area (Å²) < 4.78 is 30.3. The summed E-state index contributed by atoms with van der Waals surface area (Å²) in [6, 6.07) is 3.43. The first kappa shape index (κ1) is 11.8. The van der Waals surface area contributed by atoms with Crippen molar-refractivity contribution in [1.82, 2.24) is 0 Å².